The number of hydrogen-bond donors (Lipinski definition) is 0. The molecule has 3 aliphatic carbocycles. The molecule has 4 atom stereocenters. The normalized spacial score (nSPS) is 47.8. The smallest absolute Gasteiger partial charge is 0.136 e. The van der Waals surface area contributed by atoms with Gasteiger partial charge in [-0.1, -0.05) is 11.6 Å². The van der Waals surface area contributed by atoms with E-state index in [9.17, 15) is 4.79 Å². The third-order valence-electron chi connectivity index (χ3n) is 4.41. The monoisotopic (exact) mass is 176 g/mol. The van der Waals surface area contributed by atoms with Gasteiger partial charge in [-0.15, -0.1) is 0 Å². The maximum absolute atomic E-state index is 11.7. The van der Waals surface area contributed by atoms with Crippen molar-refractivity contribution in [3.8, 4) is 0 Å². The molecule has 0 unspecified atom stereocenters. The predicted molar refractivity (Wildman–Crippen MR) is 51.2 cm³/mol. The Morgan fingerprint density at radius 3 is 3.00 bits per heavy atom. The molecule has 13 heavy (non-hydrogen) atoms. The van der Waals surface area contributed by atoms with Crippen molar-refractivity contribution in [3.05, 3.63) is 11.6 Å². The number of ketones is 1. The Morgan fingerprint density at radius 2 is 2.15 bits per heavy atom. The zero-order valence-electron chi connectivity index (χ0n) is 8.12. The highest BCUT2D eigenvalue weighted by Gasteiger charge is 2.51. The van der Waals surface area contributed by atoms with E-state index in [1.165, 1.54) is 24.8 Å². The Labute approximate surface area is 79.2 Å². The number of rotatable bonds is 0. The van der Waals surface area contributed by atoms with Gasteiger partial charge in [0.25, 0.3) is 0 Å². The molecule has 0 aromatic carbocycles. The summed E-state index contributed by atoms with van der Waals surface area (Å²) in [7, 11) is 0. The van der Waals surface area contributed by atoms with Crippen LogP contribution in [0.1, 0.15) is 32.6 Å². The Bertz CT molecular complexity index is 289. The van der Waals surface area contributed by atoms with Gasteiger partial charge in [0, 0.05) is 12.3 Å². The minimum atomic E-state index is 0.434. The number of hydrogen-bond acceptors (Lipinski definition) is 1. The number of carbonyl (C=O) groups is 1. The summed E-state index contributed by atoms with van der Waals surface area (Å²) in [5.41, 5.74) is 1.51. The van der Waals surface area contributed by atoms with Crippen molar-refractivity contribution >= 4 is 5.78 Å². The minimum Gasteiger partial charge on any atom is -0.299 e. The molecular formula is C12H16O. The van der Waals surface area contributed by atoms with Gasteiger partial charge in [-0.25, -0.2) is 0 Å². The zero-order valence-corrected chi connectivity index (χ0v) is 8.12. The van der Waals surface area contributed by atoms with Gasteiger partial charge in [0.15, 0.2) is 0 Å². The van der Waals surface area contributed by atoms with Crippen LogP contribution in [-0.2, 0) is 4.79 Å². The summed E-state index contributed by atoms with van der Waals surface area (Å²) in [4.78, 5) is 11.7. The first-order valence-corrected chi connectivity index (χ1v) is 5.46. The maximum atomic E-state index is 11.7. The summed E-state index contributed by atoms with van der Waals surface area (Å²) in [5, 5.41) is 0. The molecule has 0 heterocycles. The van der Waals surface area contributed by atoms with E-state index in [1.54, 1.807) is 0 Å². The molecule has 0 N–H and O–H groups in total. The van der Waals surface area contributed by atoms with Crippen LogP contribution in [0.2, 0.25) is 0 Å². The minimum absolute atomic E-state index is 0.434. The summed E-state index contributed by atoms with van der Waals surface area (Å²) >= 11 is 0. The average Bonchev–Trinajstić information content (AvgIpc) is 2.69. The highest BCUT2D eigenvalue weighted by atomic mass is 16.1. The molecule has 0 aliphatic heterocycles. The van der Waals surface area contributed by atoms with Crippen molar-refractivity contribution in [2.45, 2.75) is 32.6 Å². The van der Waals surface area contributed by atoms with Crippen molar-refractivity contribution in [1.82, 2.24) is 0 Å². The quantitative estimate of drug-likeness (QED) is 0.518. The molecule has 1 nitrogen and oxygen atoms in total. The second-order valence-corrected chi connectivity index (χ2v) is 5.00. The second-order valence-electron chi connectivity index (χ2n) is 5.00. The summed E-state index contributed by atoms with van der Waals surface area (Å²) in [6.45, 7) is 2.22. The van der Waals surface area contributed by atoms with Gasteiger partial charge in [0.05, 0.1) is 0 Å². The number of Topliss-reactive ketones (excluding diaryl/α,β-unsaturated/α-hetero) is 1. The fourth-order valence-electron chi connectivity index (χ4n) is 3.89. The Morgan fingerprint density at radius 1 is 1.31 bits per heavy atom. The first-order valence-electron chi connectivity index (χ1n) is 5.46. The van der Waals surface area contributed by atoms with Crippen molar-refractivity contribution in [2.24, 2.45) is 23.7 Å². The van der Waals surface area contributed by atoms with Crippen molar-refractivity contribution in [3.63, 3.8) is 0 Å². The Hall–Kier alpha value is -0.590. The first kappa shape index (κ1) is 7.78. The van der Waals surface area contributed by atoms with Gasteiger partial charge in [-0.2, -0.15) is 0 Å². The van der Waals surface area contributed by atoms with Gasteiger partial charge in [0.2, 0.25) is 0 Å². The van der Waals surface area contributed by atoms with E-state index < -0.39 is 0 Å². The molecule has 0 amide bonds. The van der Waals surface area contributed by atoms with Gasteiger partial charge >= 0.3 is 0 Å². The molecule has 0 aromatic rings. The lowest BCUT2D eigenvalue weighted by molar-refractivity contribution is -0.121. The molecule has 0 radical (unpaired) electrons. The van der Waals surface area contributed by atoms with E-state index in [2.05, 4.69) is 13.0 Å². The van der Waals surface area contributed by atoms with Crippen LogP contribution in [-0.4, -0.2) is 5.78 Å². The summed E-state index contributed by atoms with van der Waals surface area (Å²) in [5.74, 6) is 3.24. The third-order valence-corrected chi connectivity index (χ3v) is 4.41. The van der Waals surface area contributed by atoms with Crippen molar-refractivity contribution < 1.29 is 4.79 Å². The van der Waals surface area contributed by atoms with Crippen LogP contribution in [0, 0.1) is 23.7 Å². The van der Waals surface area contributed by atoms with E-state index in [4.69, 9.17) is 0 Å². The van der Waals surface area contributed by atoms with E-state index in [0.29, 0.717) is 17.6 Å². The topological polar surface area (TPSA) is 17.1 Å². The Balaban J connectivity index is 1.96. The highest BCUT2D eigenvalue weighted by Crippen LogP contribution is 2.55. The third kappa shape index (κ3) is 0.905. The van der Waals surface area contributed by atoms with Crippen molar-refractivity contribution in [2.75, 3.05) is 0 Å². The van der Waals surface area contributed by atoms with Crippen LogP contribution >= 0.6 is 0 Å². The number of fused-ring (bicyclic) bond motifs is 3. The Kier molecular flexibility index (Phi) is 1.47. The van der Waals surface area contributed by atoms with E-state index in [0.717, 1.165) is 18.3 Å². The number of carbonyl (C=O) groups excluding carboxylic acids is 1. The molecule has 0 spiro atoms. The van der Waals surface area contributed by atoms with E-state index >= 15 is 0 Å². The average molecular weight is 176 g/mol. The van der Waals surface area contributed by atoms with Crippen LogP contribution in [0.25, 0.3) is 0 Å². The van der Waals surface area contributed by atoms with Crippen molar-refractivity contribution in [1.29, 1.82) is 0 Å². The zero-order chi connectivity index (χ0) is 9.00. The largest absolute Gasteiger partial charge is 0.299 e. The van der Waals surface area contributed by atoms with E-state index in [1.807, 2.05) is 0 Å². The summed E-state index contributed by atoms with van der Waals surface area (Å²) in [6, 6.07) is 0. The van der Waals surface area contributed by atoms with Crippen LogP contribution in [0.4, 0.5) is 0 Å². The SMILES string of the molecule is CC1=CC[C@H]2C[C@H]3CCC(=O)[C@H]3[C@@H]12. The second kappa shape index (κ2) is 2.46. The van der Waals surface area contributed by atoms with Gasteiger partial charge in [0.1, 0.15) is 5.78 Å². The lowest BCUT2D eigenvalue weighted by Crippen LogP contribution is -2.19. The van der Waals surface area contributed by atoms with Crippen LogP contribution < -0.4 is 0 Å². The summed E-state index contributed by atoms with van der Waals surface area (Å²) in [6.07, 6.45) is 6.98. The van der Waals surface area contributed by atoms with Gasteiger partial charge in [-0.3, -0.25) is 4.79 Å². The molecule has 3 rings (SSSR count). The fraction of sp³-hybridized carbons (Fsp3) is 0.750. The lowest BCUT2D eigenvalue weighted by Gasteiger charge is -2.17. The molecule has 2 saturated carbocycles. The summed E-state index contributed by atoms with van der Waals surface area (Å²) < 4.78 is 0. The first-order chi connectivity index (χ1) is 6.27. The van der Waals surface area contributed by atoms with Crippen LogP contribution in [0.3, 0.4) is 0 Å². The molecule has 0 saturated heterocycles. The van der Waals surface area contributed by atoms with Gasteiger partial charge < -0.3 is 0 Å². The molecule has 1 heteroatoms. The van der Waals surface area contributed by atoms with Crippen LogP contribution in [0.5, 0.6) is 0 Å². The standard InChI is InChI=1S/C12H16O/c1-7-2-3-8-6-9-4-5-10(13)12(9)11(7)8/h2,8-9,11-12H,3-6H2,1H3/t8-,9+,11-,12-/m0/s1. The van der Waals surface area contributed by atoms with E-state index in [-0.39, 0.29) is 0 Å². The fourth-order valence-corrected chi connectivity index (χ4v) is 3.89. The predicted octanol–water partition coefficient (Wildman–Crippen LogP) is 2.57. The maximum Gasteiger partial charge on any atom is 0.136 e. The van der Waals surface area contributed by atoms with Crippen LogP contribution in [0.15, 0.2) is 11.6 Å². The molecular weight excluding hydrogens is 160 g/mol. The molecule has 0 bridgehead atoms. The highest BCUT2D eigenvalue weighted by molar-refractivity contribution is 5.84. The molecule has 70 valence electrons. The molecule has 2 fully saturated rings. The number of allylic oxidation sites excluding steroid dienone is 2. The van der Waals surface area contributed by atoms with Gasteiger partial charge in [-0.05, 0) is 43.9 Å². The molecule has 3 aliphatic rings. The molecule has 0 aromatic heterocycles. The lowest BCUT2D eigenvalue weighted by atomic mass is 9.85.